The van der Waals surface area contributed by atoms with E-state index in [-0.39, 0.29) is 6.04 Å². The number of methoxy groups -OCH3 is 1. The van der Waals surface area contributed by atoms with Crippen molar-refractivity contribution in [1.29, 1.82) is 0 Å². The molecule has 4 heteroatoms. The highest BCUT2D eigenvalue weighted by Crippen LogP contribution is 2.36. The molecule has 0 saturated carbocycles. The van der Waals surface area contributed by atoms with Gasteiger partial charge in [0.2, 0.25) is 0 Å². The number of aryl methyl sites for hydroxylation is 2. The van der Waals surface area contributed by atoms with Gasteiger partial charge in [0.1, 0.15) is 5.75 Å². The summed E-state index contributed by atoms with van der Waals surface area (Å²) in [5.74, 6) is 6.63. The quantitative estimate of drug-likeness (QED) is 0.666. The number of hydrazine groups is 1. The predicted octanol–water partition coefficient (Wildman–Crippen LogP) is 2.80. The fraction of sp³-hybridized carbons (Fsp3) is 0.333. The van der Waals surface area contributed by atoms with E-state index in [4.69, 9.17) is 10.6 Å². The molecular formula is C15H18N2OS. The molecule has 3 nitrogen and oxygen atoms in total. The number of hydrogen-bond acceptors (Lipinski definition) is 4. The number of fused-ring (bicyclic) bond motifs is 1. The number of ether oxygens (including phenoxy) is 1. The van der Waals surface area contributed by atoms with E-state index < -0.39 is 0 Å². The van der Waals surface area contributed by atoms with Crippen molar-refractivity contribution in [3.63, 3.8) is 0 Å². The van der Waals surface area contributed by atoms with Crippen molar-refractivity contribution in [3.05, 3.63) is 51.2 Å². The maximum absolute atomic E-state index is 5.76. The molecule has 1 aromatic heterocycles. The Hall–Kier alpha value is -1.36. The van der Waals surface area contributed by atoms with Crippen LogP contribution >= 0.6 is 11.3 Å². The molecule has 100 valence electrons. The summed E-state index contributed by atoms with van der Waals surface area (Å²) < 4.78 is 5.28. The van der Waals surface area contributed by atoms with E-state index in [0.717, 1.165) is 11.3 Å². The molecule has 2 aromatic rings. The van der Waals surface area contributed by atoms with Gasteiger partial charge in [-0.05, 0) is 48.6 Å². The summed E-state index contributed by atoms with van der Waals surface area (Å²) >= 11 is 1.88. The van der Waals surface area contributed by atoms with Crippen LogP contribution in [0.3, 0.4) is 0 Å². The first kappa shape index (κ1) is 12.7. The molecule has 0 saturated heterocycles. The number of nitrogens with one attached hydrogen (secondary N) is 1. The zero-order valence-corrected chi connectivity index (χ0v) is 11.8. The lowest BCUT2D eigenvalue weighted by Crippen LogP contribution is -2.28. The second kappa shape index (κ2) is 5.33. The fourth-order valence-electron chi connectivity index (χ4n) is 2.66. The molecule has 3 rings (SSSR count). The van der Waals surface area contributed by atoms with E-state index in [9.17, 15) is 0 Å². The zero-order valence-electron chi connectivity index (χ0n) is 11.0. The molecular weight excluding hydrogens is 256 g/mol. The number of rotatable bonds is 4. The van der Waals surface area contributed by atoms with Gasteiger partial charge >= 0.3 is 0 Å². The summed E-state index contributed by atoms with van der Waals surface area (Å²) in [7, 11) is 1.68. The Balaban J connectivity index is 1.94. The van der Waals surface area contributed by atoms with Crippen LogP contribution in [0.5, 0.6) is 5.75 Å². The molecule has 1 atom stereocenters. The largest absolute Gasteiger partial charge is 0.497 e. The van der Waals surface area contributed by atoms with Crippen LogP contribution in [0.15, 0.2) is 30.3 Å². The second-order valence-electron chi connectivity index (χ2n) is 4.83. The van der Waals surface area contributed by atoms with Crippen LogP contribution in [-0.4, -0.2) is 7.11 Å². The van der Waals surface area contributed by atoms with E-state index in [1.165, 1.54) is 34.6 Å². The minimum atomic E-state index is 0.0469. The summed E-state index contributed by atoms with van der Waals surface area (Å²) in [6.45, 7) is 0. The molecule has 1 heterocycles. The van der Waals surface area contributed by atoms with E-state index >= 15 is 0 Å². The number of thiophene rings is 1. The highest BCUT2D eigenvalue weighted by molar-refractivity contribution is 7.12. The summed E-state index contributed by atoms with van der Waals surface area (Å²) in [6, 6.07) is 10.4. The average molecular weight is 274 g/mol. The highest BCUT2D eigenvalue weighted by atomic mass is 32.1. The summed E-state index contributed by atoms with van der Waals surface area (Å²) in [4.78, 5) is 2.82. The molecule has 0 fully saturated rings. The van der Waals surface area contributed by atoms with Gasteiger partial charge < -0.3 is 4.74 Å². The lowest BCUT2D eigenvalue weighted by atomic mass is 10.0. The average Bonchev–Trinajstić information content (AvgIpc) is 3.01. The molecule has 0 bridgehead atoms. The van der Waals surface area contributed by atoms with Crippen molar-refractivity contribution < 1.29 is 4.74 Å². The Morgan fingerprint density at radius 3 is 2.95 bits per heavy atom. The number of nitrogens with two attached hydrogens (primary N) is 1. The van der Waals surface area contributed by atoms with Gasteiger partial charge in [0, 0.05) is 9.75 Å². The molecule has 0 radical (unpaired) electrons. The topological polar surface area (TPSA) is 47.3 Å². The Bertz CT molecular complexity index is 558. The highest BCUT2D eigenvalue weighted by Gasteiger charge is 2.20. The van der Waals surface area contributed by atoms with Crippen LogP contribution in [0.2, 0.25) is 0 Å². The van der Waals surface area contributed by atoms with Gasteiger partial charge in [-0.1, -0.05) is 12.1 Å². The summed E-state index contributed by atoms with van der Waals surface area (Å²) in [5, 5.41) is 0. The van der Waals surface area contributed by atoms with Crippen molar-refractivity contribution in [2.75, 3.05) is 7.11 Å². The minimum Gasteiger partial charge on any atom is -0.497 e. The molecule has 1 aliphatic rings. The summed E-state index contributed by atoms with van der Waals surface area (Å²) in [5.41, 5.74) is 5.57. The van der Waals surface area contributed by atoms with Crippen LogP contribution in [-0.2, 0) is 12.8 Å². The molecule has 19 heavy (non-hydrogen) atoms. The van der Waals surface area contributed by atoms with Gasteiger partial charge in [0.05, 0.1) is 13.2 Å². The Morgan fingerprint density at radius 1 is 1.32 bits per heavy atom. The van der Waals surface area contributed by atoms with Crippen LogP contribution in [0.25, 0.3) is 0 Å². The number of hydrogen-bond donors (Lipinski definition) is 2. The first-order chi connectivity index (χ1) is 9.31. The molecule has 0 amide bonds. The maximum atomic E-state index is 5.76. The third kappa shape index (κ3) is 2.39. The monoisotopic (exact) mass is 274 g/mol. The van der Waals surface area contributed by atoms with E-state index in [0.29, 0.717) is 0 Å². The predicted molar refractivity (Wildman–Crippen MR) is 78.5 cm³/mol. The molecule has 0 aliphatic heterocycles. The van der Waals surface area contributed by atoms with Crippen molar-refractivity contribution in [1.82, 2.24) is 5.43 Å². The van der Waals surface area contributed by atoms with Crippen molar-refractivity contribution in [2.24, 2.45) is 5.84 Å². The van der Waals surface area contributed by atoms with Gasteiger partial charge in [-0.3, -0.25) is 5.84 Å². The molecule has 1 aliphatic carbocycles. The van der Waals surface area contributed by atoms with E-state index in [2.05, 4.69) is 17.6 Å². The van der Waals surface area contributed by atoms with Crippen molar-refractivity contribution in [2.45, 2.75) is 25.3 Å². The molecule has 1 aromatic carbocycles. The van der Waals surface area contributed by atoms with Crippen LogP contribution in [0.1, 0.15) is 33.3 Å². The molecule has 0 spiro atoms. The molecule has 1 unspecified atom stereocenters. The smallest absolute Gasteiger partial charge is 0.119 e. The van der Waals surface area contributed by atoms with Gasteiger partial charge in [-0.2, -0.15) is 0 Å². The molecule has 3 N–H and O–H groups in total. The minimum absolute atomic E-state index is 0.0469. The van der Waals surface area contributed by atoms with Crippen LogP contribution in [0.4, 0.5) is 0 Å². The van der Waals surface area contributed by atoms with Gasteiger partial charge in [0.15, 0.2) is 0 Å². The Kier molecular flexibility index (Phi) is 3.55. The van der Waals surface area contributed by atoms with Gasteiger partial charge in [-0.25, -0.2) is 5.43 Å². The lowest BCUT2D eigenvalue weighted by Gasteiger charge is -2.15. The van der Waals surface area contributed by atoms with Crippen molar-refractivity contribution >= 4 is 11.3 Å². The third-order valence-corrected chi connectivity index (χ3v) is 4.95. The van der Waals surface area contributed by atoms with Crippen molar-refractivity contribution in [3.8, 4) is 5.75 Å². The summed E-state index contributed by atoms with van der Waals surface area (Å²) in [6.07, 6.45) is 3.72. The fourth-order valence-corrected chi connectivity index (χ4v) is 4.00. The van der Waals surface area contributed by atoms with Gasteiger partial charge in [0.25, 0.3) is 0 Å². The van der Waals surface area contributed by atoms with E-state index in [1.54, 1.807) is 7.11 Å². The Labute approximate surface area is 117 Å². The first-order valence-electron chi connectivity index (χ1n) is 6.53. The Morgan fingerprint density at radius 2 is 2.21 bits per heavy atom. The van der Waals surface area contributed by atoms with Crippen LogP contribution in [0, 0.1) is 0 Å². The first-order valence-corrected chi connectivity index (χ1v) is 7.35. The normalized spacial score (nSPS) is 15.3. The zero-order chi connectivity index (χ0) is 13.2. The SMILES string of the molecule is COc1cccc(C(NN)c2cc3c(s2)CCC3)c1. The standard InChI is InChI=1S/C15H18N2OS/c1-18-12-6-2-5-11(8-12)15(17-16)14-9-10-4-3-7-13(10)19-14/h2,5-6,8-9,15,17H,3-4,7,16H2,1H3. The lowest BCUT2D eigenvalue weighted by molar-refractivity contribution is 0.413. The van der Waals surface area contributed by atoms with Gasteiger partial charge in [-0.15, -0.1) is 11.3 Å². The third-order valence-electron chi connectivity index (χ3n) is 3.64. The van der Waals surface area contributed by atoms with E-state index in [1.807, 2.05) is 29.5 Å². The second-order valence-corrected chi connectivity index (χ2v) is 6.00. The maximum Gasteiger partial charge on any atom is 0.119 e. The number of benzene rings is 1. The van der Waals surface area contributed by atoms with Crippen LogP contribution < -0.4 is 16.0 Å².